The Labute approximate surface area is 235 Å². The molecule has 0 aromatic heterocycles. The van der Waals surface area contributed by atoms with Crippen LogP contribution in [0.1, 0.15) is 104 Å². The predicted octanol–water partition coefficient (Wildman–Crippen LogP) is 9.49. The number of hydrogen-bond acceptors (Lipinski definition) is 4. The molecule has 39 heavy (non-hydrogen) atoms. The maximum absolute atomic E-state index is 13.9. The highest BCUT2D eigenvalue weighted by atomic mass is 19.1. The molecule has 216 valence electrons. The Morgan fingerprint density at radius 2 is 1.28 bits per heavy atom. The predicted molar refractivity (Wildman–Crippen MR) is 157 cm³/mol. The number of carbonyl (C=O) groups excluding carboxylic acids is 1. The standard InChI is InChI=1S/C34H49FO4/c1-3-5-7-8-9-10-11-25-37-30-21-15-28(16-22-30)29-17-23-31(24-18-29)38-26-27-13-19-32(20-14-27)39-34(36)33(35)12-6-4-2/h15-18,21-24,27,32-33H,3-14,19-20,25-26H2,1-2H3/t27?,32?,33-/m0/s1. The van der Waals surface area contributed by atoms with E-state index in [1.807, 2.05) is 31.2 Å². The number of esters is 1. The number of hydrogen-bond donors (Lipinski definition) is 0. The molecule has 0 bridgehead atoms. The van der Waals surface area contributed by atoms with Crippen LogP contribution < -0.4 is 9.47 Å². The van der Waals surface area contributed by atoms with Crippen molar-refractivity contribution in [1.29, 1.82) is 0 Å². The van der Waals surface area contributed by atoms with Gasteiger partial charge in [0.1, 0.15) is 17.6 Å². The minimum atomic E-state index is -1.49. The van der Waals surface area contributed by atoms with Crippen molar-refractivity contribution in [2.24, 2.45) is 5.92 Å². The Hall–Kier alpha value is -2.56. The second-order valence-corrected chi connectivity index (χ2v) is 11.0. The molecule has 0 radical (unpaired) electrons. The summed E-state index contributed by atoms with van der Waals surface area (Å²) in [7, 11) is 0. The molecule has 2 aromatic carbocycles. The molecule has 0 N–H and O–H groups in total. The van der Waals surface area contributed by atoms with E-state index in [4.69, 9.17) is 14.2 Å². The number of benzene rings is 2. The van der Waals surface area contributed by atoms with Gasteiger partial charge in [-0.3, -0.25) is 0 Å². The molecular formula is C34H49FO4. The van der Waals surface area contributed by atoms with E-state index in [0.717, 1.165) is 67.8 Å². The summed E-state index contributed by atoms with van der Waals surface area (Å²) in [6, 6.07) is 16.5. The molecule has 0 spiro atoms. The lowest BCUT2D eigenvalue weighted by atomic mass is 9.88. The summed E-state index contributed by atoms with van der Waals surface area (Å²) < 4.78 is 31.3. The zero-order valence-electron chi connectivity index (χ0n) is 24.2. The fourth-order valence-corrected chi connectivity index (χ4v) is 5.11. The molecule has 1 aliphatic carbocycles. The van der Waals surface area contributed by atoms with Crippen molar-refractivity contribution in [2.75, 3.05) is 13.2 Å². The number of ether oxygens (including phenoxy) is 3. The van der Waals surface area contributed by atoms with Crippen molar-refractivity contribution >= 4 is 5.97 Å². The van der Waals surface area contributed by atoms with Crippen LogP contribution in [0.3, 0.4) is 0 Å². The first-order valence-electron chi connectivity index (χ1n) is 15.4. The number of alkyl halides is 1. The third kappa shape index (κ3) is 11.6. The summed E-state index contributed by atoms with van der Waals surface area (Å²) in [5.74, 6) is 1.52. The van der Waals surface area contributed by atoms with Crippen LogP contribution in [0.25, 0.3) is 11.1 Å². The van der Waals surface area contributed by atoms with E-state index in [0.29, 0.717) is 18.9 Å². The molecule has 1 saturated carbocycles. The molecule has 1 aliphatic rings. The number of unbranched alkanes of at least 4 members (excludes halogenated alkanes) is 7. The monoisotopic (exact) mass is 540 g/mol. The second-order valence-electron chi connectivity index (χ2n) is 11.0. The van der Waals surface area contributed by atoms with Crippen LogP contribution in [0.2, 0.25) is 0 Å². The van der Waals surface area contributed by atoms with Gasteiger partial charge in [0.25, 0.3) is 0 Å². The lowest BCUT2D eigenvalue weighted by Crippen LogP contribution is -2.30. The van der Waals surface area contributed by atoms with E-state index in [1.54, 1.807) is 0 Å². The van der Waals surface area contributed by atoms with E-state index < -0.39 is 12.1 Å². The summed E-state index contributed by atoms with van der Waals surface area (Å²) in [6.45, 7) is 5.67. The Bertz CT molecular complexity index is 919. The lowest BCUT2D eigenvalue weighted by molar-refractivity contribution is -0.157. The zero-order chi connectivity index (χ0) is 27.7. The molecule has 0 aliphatic heterocycles. The molecule has 1 fully saturated rings. The Balaban J connectivity index is 1.32. The topological polar surface area (TPSA) is 44.8 Å². The average molecular weight is 541 g/mol. The van der Waals surface area contributed by atoms with Crippen molar-refractivity contribution in [2.45, 2.75) is 116 Å². The van der Waals surface area contributed by atoms with E-state index in [2.05, 4.69) is 31.2 Å². The fourth-order valence-electron chi connectivity index (χ4n) is 5.11. The van der Waals surface area contributed by atoms with Gasteiger partial charge in [-0.2, -0.15) is 0 Å². The maximum Gasteiger partial charge on any atom is 0.340 e. The first-order valence-corrected chi connectivity index (χ1v) is 15.4. The molecule has 2 aromatic rings. The van der Waals surface area contributed by atoms with Crippen LogP contribution in [0.15, 0.2) is 48.5 Å². The van der Waals surface area contributed by atoms with Gasteiger partial charge in [0, 0.05) is 0 Å². The summed E-state index contributed by atoms with van der Waals surface area (Å²) in [5.41, 5.74) is 2.30. The minimum absolute atomic E-state index is 0.162. The highest BCUT2D eigenvalue weighted by Crippen LogP contribution is 2.29. The van der Waals surface area contributed by atoms with Gasteiger partial charge in [-0.25, -0.2) is 9.18 Å². The zero-order valence-corrected chi connectivity index (χ0v) is 24.2. The van der Waals surface area contributed by atoms with Crippen LogP contribution in [0, 0.1) is 5.92 Å². The van der Waals surface area contributed by atoms with Gasteiger partial charge in [-0.05, 0) is 79.8 Å². The smallest absolute Gasteiger partial charge is 0.340 e. The Morgan fingerprint density at radius 3 is 1.87 bits per heavy atom. The molecular weight excluding hydrogens is 491 g/mol. The molecule has 1 atom stereocenters. The largest absolute Gasteiger partial charge is 0.494 e. The fraction of sp³-hybridized carbons (Fsp3) is 0.618. The maximum atomic E-state index is 13.9. The molecule has 0 unspecified atom stereocenters. The van der Waals surface area contributed by atoms with Gasteiger partial charge in [0.15, 0.2) is 6.17 Å². The van der Waals surface area contributed by atoms with Gasteiger partial charge < -0.3 is 14.2 Å². The van der Waals surface area contributed by atoms with E-state index in [-0.39, 0.29) is 12.5 Å². The Morgan fingerprint density at radius 1 is 0.744 bits per heavy atom. The summed E-state index contributed by atoms with van der Waals surface area (Å²) in [4.78, 5) is 11.9. The van der Waals surface area contributed by atoms with Crippen LogP contribution in [0.4, 0.5) is 4.39 Å². The molecule has 5 heteroatoms. The van der Waals surface area contributed by atoms with Gasteiger partial charge in [0.05, 0.1) is 13.2 Å². The van der Waals surface area contributed by atoms with E-state index >= 15 is 0 Å². The van der Waals surface area contributed by atoms with Crippen LogP contribution in [0.5, 0.6) is 11.5 Å². The van der Waals surface area contributed by atoms with E-state index in [1.165, 1.54) is 38.5 Å². The Kier molecular flexibility index (Phi) is 14.2. The normalized spacial score (nSPS) is 17.9. The van der Waals surface area contributed by atoms with Crippen LogP contribution in [-0.4, -0.2) is 31.5 Å². The van der Waals surface area contributed by atoms with Gasteiger partial charge in [0.2, 0.25) is 0 Å². The molecule has 3 rings (SSSR count). The average Bonchev–Trinajstić information content (AvgIpc) is 2.97. The second kappa shape index (κ2) is 17.9. The number of carbonyl (C=O) groups is 1. The van der Waals surface area contributed by atoms with Crippen molar-refractivity contribution < 1.29 is 23.4 Å². The van der Waals surface area contributed by atoms with Crippen molar-refractivity contribution in [3.05, 3.63) is 48.5 Å². The van der Waals surface area contributed by atoms with Gasteiger partial charge in [-0.15, -0.1) is 0 Å². The molecule has 4 nitrogen and oxygen atoms in total. The lowest BCUT2D eigenvalue weighted by Gasteiger charge is -2.28. The third-order valence-corrected chi connectivity index (χ3v) is 7.69. The number of halogens is 1. The van der Waals surface area contributed by atoms with E-state index in [9.17, 15) is 9.18 Å². The highest BCUT2D eigenvalue weighted by molar-refractivity contribution is 5.74. The quantitative estimate of drug-likeness (QED) is 0.139. The molecule has 0 saturated heterocycles. The highest BCUT2D eigenvalue weighted by Gasteiger charge is 2.27. The first kappa shape index (κ1) is 31.0. The van der Waals surface area contributed by atoms with Crippen molar-refractivity contribution in [3.63, 3.8) is 0 Å². The SMILES string of the molecule is CCCCCCCCCOc1ccc(-c2ccc(OCC3CCC(OC(=O)[C@@H](F)CCCC)CC3)cc2)cc1. The summed E-state index contributed by atoms with van der Waals surface area (Å²) in [6.07, 6.45) is 12.6. The molecule has 0 heterocycles. The summed E-state index contributed by atoms with van der Waals surface area (Å²) in [5, 5.41) is 0. The van der Waals surface area contributed by atoms with Crippen LogP contribution in [-0.2, 0) is 9.53 Å². The van der Waals surface area contributed by atoms with Crippen molar-refractivity contribution in [3.8, 4) is 22.6 Å². The van der Waals surface area contributed by atoms with Crippen LogP contribution >= 0.6 is 0 Å². The summed E-state index contributed by atoms with van der Waals surface area (Å²) >= 11 is 0. The van der Waals surface area contributed by atoms with Gasteiger partial charge >= 0.3 is 5.97 Å². The molecule has 0 amide bonds. The van der Waals surface area contributed by atoms with Gasteiger partial charge in [-0.1, -0.05) is 89.5 Å². The number of rotatable bonds is 18. The minimum Gasteiger partial charge on any atom is -0.494 e. The van der Waals surface area contributed by atoms with Crippen molar-refractivity contribution in [1.82, 2.24) is 0 Å². The first-order chi connectivity index (χ1) is 19.1. The third-order valence-electron chi connectivity index (χ3n) is 7.69.